The molecule has 0 fully saturated rings. The number of thiocarbonyl (C=S) groups is 1. The van der Waals surface area contributed by atoms with Gasteiger partial charge in [-0.05, 0) is 32.1 Å². The molecule has 0 amide bonds. The third-order valence-electron chi connectivity index (χ3n) is 1.31. The number of nitrogens with one attached hydrogen (secondary N) is 3. The second-order valence-corrected chi connectivity index (χ2v) is 3.42. The van der Waals surface area contributed by atoms with Gasteiger partial charge in [-0.2, -0.15) is 10.2 Å². The standard InChI is InChI=1S/C8H13N5S/c1-6(2)11-8(14)13-10-5-7-3-4-9-12-7/h3-6H,1-2H3,(H,9,12)(H2,11,13,14). The van der Waals surface area contributed by atoms with E-state index in [0.29, 0.717) is 11.2 Å². The molecule has 14 heavy (non-hydrogen) atoms. The normalized spacial score (nSPS) is 10.8. The Bertz CT molecular complexity index is 304. The van der Waals surface area contributed by atoms with Crippen LogP contribution in [0.5, 0.6) is 0 Å². The van der Waals surface area contributed by atoms with Crippen LogP contribution in [0.15, 0.2) is 17.4 Å². The summed E-state index contributed by atoms with van der Waals surface area (Å²) in [7, 11) is 0. The molecule has 0 bridgehead atoms. The first kappa shape index (κ1) is 10.6. The predicted octanol–water partition coefficient (Wildman–Crippen LogP) is 0.616. The summed E-state index contributed by atoms with van der Waals surface area (Å²) in [6.07, 6.45) is 3.27. The first-order chi connectivity index (χ1) is 6.68. The summed E-state index contributed by atoms with van der Waals surface area (Å²) in [5.74, 6) is 0. The lowest BCUT2D eigenvalue weighted by Crippen LogP contribution is -2.36. The molecule has 0 spiro atoms. The zero-order chi connectivity index (χ0) is 10.4. The molecule has 0 saturated carbocycles. The molecule has 0 aliphatic carbocycles. The molecule has 0 aliphatic rings. The molecule has 5 nitrogen and oxygen atoms in total. The van der Waals surface area contributed by atoms with E-state index in [9.17, 15) is 0 Å². The van der Waals surface area contributed by atoms with Gasteiger partial charge in [-0.1, -0.05) is 0 Å². The van der Waals surface area contributed by atoms with E-state index in [1.807, 2.05) is 19.9 Å². The maximum Gasteiger partial charge on any atom is 0.187 e. The highest BCUT2D eigenvalue weighted by Gasteiger charge is 1.94. The number of hydrazone groups is 1. The fraction of sp³-hybridized carbons (Fsp3) is 0.375. The Balaban J connectivity index is 2.30. The van der Waals surface area contributed by atoms with Gasteiger partial charge in [-0.15, -0.1) is 0 Å². The number of hydrogen-bond acceptors (Lipinski definition) is 3. The molecule has 0 saturated heterocycles. The minimum atomic E-state index is 0.303. The Labute approximate surface area is 88.0 Å². The van der Waals surface area contributed by atoms with Crippen molar-refractivity contribution in [3.8, 4) is 0 Å². The molecule has 0 aromatic carbocycles. The fourth-order valence-corrected chi connectivity index (χ4v) is 1.08. The van der Waals surface area contributed by atoms with Crippen LogP contribution in [0.25, 0.3) is 0 Å². The van der Waals surface area contributed by atoms with Crippen molar-refractivity contribution in [3.05, 3.63) is 18.0 Å². The van der Waals surface area contributed by atoms with Crippen LogP contribution in [0.3, 0.4) is 0 Å². The van der Waals surface area contributed by atoms with E-state index in [1.54, 1.807) is 12.4 Å². The van der Waals surface area contributed by atoms with Crippen molar-refractivity contribution < 1.29 is 0 Å². The monoisotopic (exact) mass is 211 g/mol. The molecule has 0 radical (unpaired) electrons. The molecule has 0 atom stereocenters. The van der Waals surface area contributed by atoms with Gasteiger partial charge in [0.2, 0.25) is 0 Å². The third kappa shape index (κ3) is 3.99. The van der Waals surface area contributed by atoms with Gasteiger partial charge in [-0.3, -0.25) is 10.5 Å². The molecule has 0 aliphatic heterocycles. The summed E-state index contributed by atoms with van der Waals surface area (Å²) in [4.78, 5) is 0. The Hall–Kier alpha value is -1.43. The number of rotatable bonds is 3. The van der Waals surface area contributed by atoms with E-state index < -0.39 is 0 Å². The van der Waals surface area contributed by atoms with Crippen molar-refractivity contribution >= 4 is 23.5 Å². The lowest BCUT2D eigenvalue weighted by atomic mass is 10.4. The smallest absolute Gasteiger partial charge is 0.187 e. The van der Waals surface area contributed by atoms with Crippen molar-refractivity contribution in [1.29, 1.82) is 0 Å². The molecule has 6 heteroatoms. The predicted molar refractivity (Wildman–Crippen MR) is 60.2 cm³/mol. The van der Waals surface area contributed by atoms with Crippen molar-refractivity contribution in [3.63, 3.8) is 0 Å². The minimum Gasteiger partial charge on any atom is -0.359 e. The Morgan fingerprint density at radius 2 is 2.50 bits per heavy atom. The second kappa shape index (κ2) is 5.33. The SMILES string of the molecule is CC(C)NC(=S)NN=Cc1ccn[nH]1. The van der Waals surface area contributed by atoms with Gasteiger partial charge < -0.3 is 5.32 Å². The summed E-state index contributed by atoms with van der Waals surface area (Å²) in [6, 6.07) is 2.11. The maximum absolute atomic E-state index is 4.96. The van der Waals surface area contributed by atoms with E-state index in [4.69, 9.17) is 12.2 Å². The van der Waals surface area contributed by atoms with Crippen molar-refractivity contribution in [2.45, 2.75) is 19.9 Å². The Morgan fingerprint density at radius 1 is 1.71 bits per heavy atom. The summed E-state index contributed by atoms with van der Waals surface area (Å²) >= 11 is 4.96. The minimum absolute atomic E-state index is 0.303. The van der Waals surface area contributed by atoms with Gasteiger partial charge in [0.1, 0.15) is 0 Å². The van der Waals surface area contributed by atoms with E-state index in [1.165, 1.54) is 0 Å². The average molecular weight is 211 g/mol. The van der Waals surface area contributed by atoms with Gasteiger partial charge in [0.25, 0.3) is 0 Å². The summed E-state index contributed by atoms with van der Waals surface area (Å²) in [5.41, 5.74) is 3.52. The molecule has 1 aromatic heterocycles. The molecule has 1 rings (SSSR count). The van der Waals surface area contributed by atoms with Crippen LogP contribution >= 0.6 is 12.2 Å². The lowest BCUT2D eigenvalue weighted by molar-refractivity contribution is 0.719. The summed E-state index contributed by atoms with van der Waals surface area (Å²) < 4.78 is 0. The lowest BCUT2D eigenvalue weighted by Gasteiger charge is -2.09. The molecule has 3 N–H and O–H groups in total. The molecule has 1 aromatic rings. The van der Waals surface area contributed by atoms with Crippen molar-refractivity contribution in [2.75, 3.05) is 0 Å². The largest absolute Gasteiger partial charge is 0.359 e. The van der Waals surface area contributed by atoms with Gasteiger partial charge in [0.15, 0.2) is 5.11 Å². The van der Waals surface area contributed by atoms with Crippen LogP contribution in [0.2, 0.25) is 0 Å². The van der Waals surface area contributed by atoms with Gasteiger partial charge in [-0.25, -0.2) is 0 Å². The molecule has 76 valence electrons. The number of hydrogen-bond donors (Lipinski definition) is 3. The van der Waals surface area contributed by atoms with Gasteiger partial charge in [0, 0.05) is 12.2 Å². The number of nitrogens with zero attached hydrogens (tertiary/aromatic N) is 2. The Kier molecular flexibility index (Phi) is 4.06. The number of H-pyrrole nitrogens is 1. The first-order valence-corrected chi connectivity index (χ1v) is 4.68. The third-order valence-corrected chi connectivity index (χ3v) is 1.52. The van der Waals surface area contributed by atoms with Crippen LogP contribution < -0.4 is 10.7 Å². The number of aromatic amines is 1. The van der Waals surface area contributed by atoms with Crippen LogP contribution in [0, 0.1) is 0 Å². The molecule has 0 unspecified atom stereocenters. The quantitative estimate of drug-likeness (QED) is 0.389. The molecular formula is C8H13N5S. The average Bonchev–Trinajstić information content (AvgIpc) is 2.55. The summed E-state index contributed by atoms with van der Waals surface area (Å²) in [5, 5.41) is 14.0. The number of aromatic nitrogens is 2. The second-order valence-electron chi connectivity index (χ2n) is 3.01. The summed E-state index contributed by atoms with van der Waals surface area (Å²) in [6.45, 7) is 4.01. The van der Waals surface area contributed by atoms with Gasteiger partial charge in [0.05, 0.1) is 11.9 Å². The highest BCUT2D eigenvalue weighted by molar-refractivity contribution is 7.80. The first-order valence-electron chi connectivity index (χ1n) is 4.27. The maximum atomic E-state index is 4.96. The molecule has 1 heterocycles. The topological polar surface area (TPSA) is 65.1 Å². The van der Waals surface area contributed by atoms with E-state index >= 15 is 0 Å². The van der Waals surface area contributed by atoms with Crippen LogP contribution in [-0.2, 0) is 0 Å². The van der Waals surface area contributed by atoms with Gasteiger partial charge >= 0.3 is 0 Å². The van der Waals surface area contributed by atoms with E-state index in [-0.39, 0.29) is 0 Å². The van der Waals surface area contributed by atoms with E-state index in [2.05, 4.69) is 26.0 Å². The fourth-order valence-electron chi connectivity index (χ4n) is 0.793. The van der Waals surface area contributed by atoms with Crippen LogP contribution in [0.1, 0.15) is 19.5 Å². The highest BCUT2D eigenvalue weighted by Crippen LogP contribution is 1.84. The van der Waals surface area contributed by atoms with Crippen molar-refractivity contribution in [1.82, 2.24) is 20.9 Å². The van der Waals surface area contributed by atoms with Crippen LogP contribution in [0.4, 0.5) is 0 Å². The molecular weight excluding hydrogens is 198 g/mol. The highest BCUT2D eigenvalue weighted by atomic mass is 32.1. The van der Waals surface area contributed by atoms with Crippen molar-refractivity contribution in [2.24, 2.45) is 5.10 Å². The Morgan fingerprint density at radius 3 is 3.07 bits per heavy atom. The zero-order valence-electron chi connectivity index (χ0n) is 8.11. The van der Waals surface area contributed by atoms with E-state index in [0.717, 1.165) is 5.69 Å². The van der Waals surface area contributed by atoms with Crippen LogP contribution in [-0.4, -0.2) is 27.6 Å². The zero-order valence-corrected chi connectivity index (χ0v) is 8.93.